The van der Waals surface area contributed by atoms with Crippen LogP contribution in [0.15, 0.2) is 24.3 Å². The molecule has 1 N–H and O–H groups in total. The molecule has 0 aliphatic carbocycles. The smallest absolute Gasteiger partial charge is 0.0991 e. The summed E-state index contributed by atoms with van der Waals surface area (Å²) in [6.07, 6.45) is 3.32. The zero-order valence-electron chi connectivity index (χ0n) is 11.6. The SMILES string of the molecule is CCC1(CO)CCCN(Cc2ccc(C#N)cc2)C1. The van der Waals surface area contributed by atoms with E-state index in [1.54, 1.807) is 0 Å². The molecule has 1 unspecified atom stereocenters. The number of benzene rings is 1. The highest BCUT2D eigenvalue weighted by molar-refractivity contribution is 5.31. The summed E-state index contributed by atoms with van der Waals surface area (Å²) in [7, 11) is 0. The average molecular weight is 258 g/mol. The van der Waals surface area contributed by atoms with E-state index in [1.165, 1.54) is 5.56 Å². The summed E-state index contributed by atoms with van der Waals surface area (Å²) >= 11 is 0. The molecule has 1 aliphatic heterocycles. The molecule has 3 nitrogen and oxygen atoms in total. The molecule has 1 fully saturated rings. The number of nitrogens with zero attached hydrogens (tertiary/aromatic N) is 2. The molecule has 2 rings (SSSR count). The van der Waals surface area contributed by atoms with Crippen LogP contribution in [0.3, 0.4) is 0 Å². The molecule has 1 aromatic carbocycles. The zero-order chi connectivity index (χ0) is 13.7. The number of nitriles is 1. The number of piperidine rings is 1. The van der Waals surface area contributed by atoms with Crippen LogP contribution < -0.4 is 0 Å². The third-order valence-corrected chi connectivity index (χ3v) is 4.32. The van der Waals surface area contributed by atoms with Crippen molar-refractivity contribution in [2.45, 2.75) is 32.7 Å². The van der Waals surface area contributed by atoms with E-state index < -0.39 is 0 Å². The first-order valence-electron chi connectivity index (χ1n) is 7.03. The van der Waals surface area contributed by atoms with Crippen molar-refractivity contribution in [1.82, 2.24) is 4.90 Å². The predicted octanol–water partition coefficient (Wildman–Crippen LogP) is 2.54. The van der Waals surface area contributed by atoms with Gasteiger partial charge in [0.1, 0.15) is 0 Å². The Labute approximate surface area is 115 Å². The molecule has 1 atom stereocenters. The van der Waals surface area contributed by atoms with Crippen molar-refractivity contribution >= 4 is 0 Å². The van der Waals surface area contributed by atoms with Crippen molar-refractivity contribution in [2.75, 3.05) is 19.7 Å². The Morgan fingerprint density at radius 3 is 2.68 bits per heavy atom. The van der Waals surface area contributed by atoms with Crippen LogP contribution in [0.4, 0.5) is 0 Å². The van der Waals surface area contributed by atoms with Crippen LogP contribution in [0.25, 0.3) is 0 Å². The van der Waals surface area contributed by atoms with Crippen molar-refractivity contribution in [1.29, 1.82) is 5.26 Å². The second kappa shape index (κ2) is 6.18. The minimum atomic E-state index is 0.0881. The lowest BCUT2D eigenvalue weighted by molar-refractivity contribution is 0.0258. The van der Waals surface area contributed by atoms with Gasteiger partial charge in [0.05, 0.1) is 11.6 Å². The van der Waals surface area contributed by atoms with Gasteiger partial charge in [0.25, 0.3) is 0 Å². The molecule has 3 heteroatoms. The van der Waals surface area contributed by atoms with E-state index in [1.807, 2.05) is 24.3 Å². The molecule has 0 amide bonds. The Balaban J connectivity index is 2.00. The highest BCUT2D eigenvalue weighted by atomic mass is 16.3. The summed E-state index contributed by atoms with van der Waals surface area (Å²) < 4.78 is 0. The van der Waals surface area contributed by atoms with E-state index in [9.17, 15) is 5.11 Å². The monoisotopic (exact) mass is 258 g/mol. The first-order valence-corrected chi connectivity index (χ1v) is 7.03. The van der Waals surface area contributed by atoms with Gasteiger partial charge in [-0.25, -0.2) is 0 Å². The summed E-state index contributed by atoms with van der Waals surface area (Å²) in [6.45, 7) is 5.43. The third-order valence-electron chi connectivity index (χ3n) is 4.32. The lowest BCUT2D eigenvalue weighted by Gasteiger charge is -2.41. The van der Waals surface area contributed by atoms with E-state index in [2.05, 4.69) is 17.9 Å². The maximum absolute atomic E-state index is 9.63. The fraction of sp³-hybridized carbons (Fsp3) is 0.562. The summed E-state index contributed by atoms with van der Waals surface area (Å²) in [5, 5.41) is 18.4. The van der Waals surface area contributed by atoms with Crippen molar-refractivity contribution < 1.29 is 5.11 Å². The Morgan fingerprint density at radius 2 is 2.11 bits per heavy atom. The fourth-order valence-corrected chi connectivity index (χ4v) is 2.92. The number of hydrogen-bond donors (Lipinski definition) is 1. The topological polar surface area (TPSA) is 47.3 Å². The largest absolute Gasteiger partial charge is 0.396 e. The van der Waals surface area contributed by atoms with Gasteiger partial charge in [0.2, 0.25) is 0 Å². The number of hydrogen-bond acceptors (Lipinski definition) is 3. The van der Waals surface area contributed by atoms with Gasteiger partial charge < -0.3 is 5.11 Å². The number of aliphatic hydroxyl groups excluding tert-OH is 1. The van der Waals surface area contributed by atoms with Crippen molar-refractivity contribution in [3.8, 4) is 6.07 Å². The zero-order valence-corrected chi connectivity index (χ0v) is 11.6. The van der Waals surface area contributed by atoms with Gasteiger partial charge in [-0.1, -0.05) is 19.1 Å². The Kier molecular flexibility index (Phi) is 4.57. The number of aliphatic hydroxyl groups is 1. The minimum absolute atomic E-state index is 0.0881. The second-order valence-corrected chi connectivity index (χ2v) is 5.63. The number of likely N-dealkylation sites (tertiary alicyclic amines) is 1. The highest BCUT2D eigenvalue weighted by Crippen LogP contribution is 2.33. The second-order valence-electron chi connectivity index (χ2n) is 5.63. The summed E-state index contributed by atoms with van der Waals surface area (Å²) in [5.74, 6) is 0. The highest BCUT2D eigenvalue weighted by Gasteiger charge is 2.33. The predicted molar refractivity (Wildman–Crippen MR) is 75.5 cm³/mol. The minimum Gasteiger partial charge on any atom is -0.396 e. The Morgan fingerprint density at radius 1 is 1.37 bits per heavy atom. The average Bonchev–Trinajstić information content (AvgIpc) is 2.48. The van der Waals surface area contributed by atoms with Crippen molar-refractivity contribution in [3.63, 3.8) is 0 Å². The van der Waals surface area contributed by atoms with Crippen LogP contribution in [0, 0.1) is 16.7 Å². The molecule has 0 saturated carbocycles. The third kappa shape index (κ3) is 3.34. The van der Waals surface area contributed by atoms with E-state index in [4.69, 9.17) is 5.26 Å². The van der Waals surface area contributed by atoms with Crippen LogP contribution in [0.2, 0.25) is 0 Å². The lowest BCUT2D eigenvalue weighted by Crippen LogP contribution is -2.44. The molecule has 0 aromatic heterocycles. The molecule has 19 heavy (non-hydrogen) atoms. The van der Waals surface area contributed by atoms with E-state index in [0.717, 1.165) is 38.9 Å². The van der Waals surface area contributed by atoms with Gasteiger partial charge in [-0.15, -0.1) is 0 Å². The van der Waals surface area contributed by atoms with E-state index in [-0.39, 0.29) is 12.0 Å². The normalized spacial score (nSPS) is 24.1. The van der Waals surface area contributed by atoms with Gasteiger partial charge in [-0.3, -0.25) is 4.90 Å². The molecular weight excluding hydrogens is 236 g/mol. The first-order chi connectivity index (χ1) is 9.21. The van der Waals surface area contributed by atoms with Crippen LogP contribution in [0.1, 0.15) is 37.3 Å². The van der Waals surface area contributed by atoms with Gasteiger partial charge in [-0.2, -0.15) is 5.26 Å². The van der Waals surface area contributed by atoms with Gasteiger partial charge in [0, 0.05) is 25.1 Å². The van der Waals surface area contributed by atoms with Crippen LogP contribution >= 0.6 is 0 Å². The van der Waals surface area contributed by atoms with E-state index >= 15 is 0 Å². The molecule has 0 bridgehead atoms. The fourth-order valence-electron chi connectivity index (χ4n) is 2.92. The molecule has 102 valence electrons. The lowest BCUT2D eigenvalue weighted by atomic mass is 9.78. The van der Waals surface area contributed by atoms with E-state index in [0.29, 0.717) is 5.56 Å². The van der Waals surface area contributed by atoms with Crippen LogP contribution in [-0.2, 0) is 6.54 Å². The van der Waals surface area contributed by atoms with Crippen LogP contribution in [0.5, 0.6) is 0 Å². The molecule has 1 aromatic rings. The quantitative estimate of drug-likeness (QED) is 0.902. The molecule has 0 spiro atoms. The summed E-state index contributed by atoms with van der Waals surface area (Å²) in [4.78, 5) is 2.42. The Bertz CT molecular complexity index is 443. The summed E-state index contributed by atoms with van der Waals surface area (Å²) in [5.41, 5.74) is 2.04. The maximum Gasteiger partial charge on any atom is 0.0991 e. The number of rotatable bonds is 4. The van der Waals surface area contributed by atoms with Crippen molar-refractivity contribution in [2.24, 2.45) is 5.41 Å². The summed E-state index contributed by atoms with van der Waals surface area (Å²) in [6, 6.07) is 9.94. The van der Waals surface area contributed by atoms with Crippen molar-refractivity contribution in [3.05, 3.63) is 35.4 Å². The molecule has 0 radical (unpaired) electrons. The maximum atomic E-state index is 9.63. The van der Waals surface area contributed by atoms with Crippen LogP contribution in [-0.4, -0.2) is 29.7 Å². The van der Waals surface area contributed by atoms with Gasteiger partial charge in [0.15, 0.2) is 0 Å². The van der Waals surface area contributed by atoms with Gasteiger partial charge >= 0.3 is 0 Å². The molecule has 1 aliphatic rings. The molecule has 1 heterocycles. The molecular formula is C16H22N2O. The standard InChI is InChI=1S/C16H22N2O/c1-2-16(13-19)8-3-9-18(12-16)11-15-6-4-14(10-17)5-7-15/h4-7,19H,2-3,8-9,11-13H2,1H3. The van der Waals surface area contributed by atoms with Gasteiger partial charge in [-0.05, 0) is 43.5 Å². The molecule has 1 saturated heterocycles. The Hall–Kier alpha value is -1.37. The first kappa shape index (κ1) is 14.0.